The Balaban J connectivity index is 1.42. The SMILES string of the molecule is COc1ccc([C@@H]2CC(=O)C3=C(C2)NC(C)=C(C(=O)OCCOc2ccccc2)[C@H]3c2cccc(OC)c2)cc1. The van der Waals surface area contributed by atoms with Crippen molar-refractivity contribution in [2.24, 2.45) is 0 Å². The van der Waals surface area contributed by atoms with Crippen molar-refractivity contribution >= 4 is 11.8 Å². The van der Waals surface area contributed by atoms with Crippen LogP contribution in [0.25, 0.3) is 0 Å². The molecule has 0 aromatic heterocycles. The Morgan fingerprint density at radius 3 is 2.27 bits per heavy atom. The van der Waals surface area contributed by atoms with Crippen LogP contribution in [0, 0.1) is 0 Å². The van der Waals surface area contributed by atoms with Crippen LogP contribution in [-0.4, -0.2) is 39.2 Å². The van der Waals surface area contributed by atoms with Gasteiger partial charge < -0.3 is 24.3 Å². The molecule has 0 radical (unpaired) electrons. The zero-order valence-corrected chi connectivity index (χ0v) is 22.9. The number of dihydropyridines is 1. The third-order valence-corrected chi connectivity index (χ3v) is 7.39. The average Bonchev–Trinajstić information content (AvgIpc) is 2.99. The number of hydrogen-bond donors (Lipinski definition) is 1. The molecule has 3 aromatic rings. The second kappa shape index (κ2) is 12.1. The Morgan fingerprint density at radius 1 is 0.825 bits per heavy atom. The predicted molar refractivity (Wildman–Crippen MR) is 151 cm³/mol. The highest BCUT2D eigenvalue weighted by atomic mass is 16.6. The van der Waals surface area contributed by atoms with E-state index in [2.05, 4.69) is 5.32 Å². The van der Waals surface area contributed by atoms with Crippen LogP contribution in [0.5, 0.6) is 17.2 Å². The highest BCUT2D eigenvalue weighted by Crippen LogP contribution is 2.46. The van der Waals surface area contributed by atoms with Crippen LogP contribution >= 0.6 is 0 Å². The number of Topliss-reactive ketones (excluding diaryl/α,β-unsaturated/α-hetero) is 1. The van der Waals surface area contributed by atoms with Crippen molar-refractivity contribution in [3.05, 3.63) is 113 Å². The van der Waals surface area contributed by atoms with Crippen molar-refractivity contribution in [2.45, 2.75) is 31.6 Å². The number of carbonyl (C=O) groups is 2. The number of nitrogens with one attached hydrogen (secondary N) is 1. The maximum absolute atomic E-state index is 13.8. The highest BCUT2D eigenvalue weighted by molar-refractivity contribution is 6.04. The second-order valence-corrected chi connectivity index (χ2v) is 9.86. The van der Waals surface area contributed by atoms with Crippen molar-refractivity contribution < 1.29 is 28.5 Å². The molecule has 0 bridgehead atoms. The van der Waals surface area contributed by atoms with Crippen LogP contribution in [0.2, 0.25) is 0 Å². The molecular weight excluding hydrogens is 506 g/mol. The number of benzene rings is 3. The third kappa shape index (κ3) is 5.73. The minimum atomic E-state index is -0.571. The van der Waals surface area contributed by atoms with Gasteiger partial charge in [-0.1, -0.05) is 42.5 Å². The van der Waals surface area contributed by atoms with Crippen molar-refractivity contribution in [1.29, 1.82) is 0 Å². The molecule has 0 saturated heterocycles. The summed E-state index contributed by atoms with van der Waals surface area (Å²) in [6.45, 7) is 2.15. The number of ether oxygens (including phenoxy) is 4. The summed E-state index contributed by atoms with van der Waals surface area (Å²) >= 11 is 0. The first-order chi connectivity index (χ1) is 19.5. The van der Waals surface area contributed by atoms with Gasteiger partial charge in [0.05, 0.1) is 19.8 Å². The van der Waals surface area contributed by atoms with E-state index in [-0.39, 0.29) is 24.9 Å². The summed E-state index contributed by atoms with van der Waals surface area (Å²) in [6.07, 6.45) is 0.998. The lowest BCUT2D eigenvalue weighted by Gasteiger charge is -2.36. The lowest BCUT2D eigenvalue weighted by molar-refractivity contribution is -0.140. The summed E-state index contributed by atoms with van der Waals surface area (Å²) in [5, 5.41) is 3.40. The van der Waals surface area contributed by atoms with Crippen LogP contribution in [0.15, 0.2) is 101 Å². The quantitative estimate of drug-likeness (QED) is 0.276. The second-order valence-electron chi connectivity index (χ2n) is 9.86. The van der Waals surface area contributed by atoms with E-state index in [9.17, 15) is 9.59 Å². The Kier molecular flexibility index (Phi) is 8.20. The molecule has 40 heavy (non-hydrogen) atoms. The maximum Gasteiger partial charge on any atom is 0.336 e. The molecule has 3 aromatic carbocycles. The summed E-state index contributed by atoms with van der Waals surface area (Å²) < 4.78 is 22.1. The van der Waals surface area contributed by atoms with Gasteiger partial charge in [-0.05, 0) is 66.8 Å². The van der Waals surface area contributed by atoms with E-state index in [0.29, 0.717) is 41.2 Å². The first kappa shape index (κ1) is 27.1. The molecule has 0 spiro atoms. The van der Waals surface area contributed by atoms with Gasteiger partial charge in [0.25, 0.3) is 0 Å². The number of rotatable bonds is 9. The minimum Gasteiger partial charge on any atom is -0.497 e. The number of esters is 1. The lowest BCUT2D eigenvalue weighted by Crippen LogP contribution is -2.36. The molecule has 0 saturated carbocycles. The Labute approximate surface area is 234 Å². The molecule has 0 amide bonds. The van der Waals surface area contributed by atoms with E-state index in [1.54, 1.807) is 14.2 Å². The largest absolute Gasteiger partial charge is 0.497 e. The highest BCUT2D eigenvalue weighted by Gasteiger charge is 2.41. The summed E-state index contributed by atoms with van der Waals surface area (Å²) in [4.78, 5) is 27.3. The number of ketones is 1. The third-order valence-electron chi connectivity index (χ3n) is 7.39. The molecule has 7 heteroatoms. The number of allylic oxidation sites excluding steroid dienone is 3. The first-order valence-electron chi connectivity index (χ1n) is 13.4. The number of para-hydroxylation sites is 1. The molecule has 0 unspecified atom stereocenters. The van der Waals surface area contributed by atoms with Gasteiger partial charge in [0, 0.05) is 29.3 Å². The van der Waals surface area contributed by atoms with E-state index >= 15 is 0 Å². The van der Waals surface area contributed by atoms with Gasteiger partial charge in [-0.15, -0.1) is 0 Å². The van der Waals surface area contributed by atoms with Gasteiger partial charge in [-0.3, -0.25) is 4.79 Å². The van der Waals surface area contributed by atoms with E-state index in [4.69, 9.17) is 18.9 Å². The number of carbonyl (C=O) groups excluding carboxylic acids is 2. The molecule has 2 atom stereocenters. The van der Waals surface area contributed by atoms with Crippen LogP contribution in [0.4, 0.5) is 0 Å². The topological polar surface area (TPSA) is 83.1 Å². The maximum atomic E-state index is 13.8. The molecule has 1 aliphatic carbocycles. The van der Waals surface area contributed by atoms with Gasteiger partial charge in [-0.2, -0.15) is 0 Å². The fraction of sp³-hybridized carbons (Fsp3) is 0.273. The molecule has 206 valence electrons. The first-order valence-corrected chi connectivity index (χ1v) is 13.4. The normalized spacial score (nSPS) is 18.5. The van der Waals surface area contributed by atoms with E-state index < -0.39 is 11.9 Å². The fourth-order valence-corrected chi connectivity index (χ4v) is 5.46. The molecule has 7 nitrogen and oxygen atoms in total. The lowest BCUT2D eigenvalue weighted by atomic mass is 9.71. The van der Waals surface area contributed by atoms with Gasteiger partial charge in [0.15, 0.2) is 5.78 Å². The summed E-state index contributed by atoms with van der Waals surface area (Å²) in [6, 6.07) is 24.7. The molecule has 5 rings (SSSR count). The van der Waals surface area contributed by atoms with Gasteiger partial charge in [0.1, 0.15) is 30.5 Å². The van der Waals surface area contributed by atoms with E-state index in [0.717, 1.165) is 22.6 Å². The molecule has 1 heterocycles. The van der Waals surface area contributed by atoms with Crippen molar-refractivity contribution in [3.8, 4) is 17.2 Å². The van der Waals surface area contributed by atoms with E-state index in [1.165, 1.54) is 0 Å². The van der Waals surface area contributed by atoms with Gasteiger partial charge in [-0.25, -0.2) is 4.79 Å². The standard InChI is InChI=1S/C33H33NO6/c1-21-30(33(36)40-17-16-39-26-9-5-4-6-10-26)31(23-8-7-11-27(18-23)38-3)32-28(34-21)19-24(20-29(32)35)22-12-14-25(37-2)15-13-22/h4-15,18,24,31,34H,16-17,19-20H2,1-3H3/t24-,31+/m0/s1. The predicted octanol–water partition coefficient (Wildman–Crippen LogP) is 5.69. The summed E-state index contributed by atoms with van der Waals surface area (Å²) in [5.74, 6) is 1.11. The van der Waals surface area contributed by atoms with Crippen LogP contribution in [0.1, 0.15) is 42.7 Å². The summed E-state index contributed by atoms with van der Waals surface area (Å²) in [7, 11) is 3.23. The van der Waals surface area contributed by atoms with Crippen molar-refractivity contribution in [1.82, 2.24) is 5.32 Å². The Hall–Kier alpha value is -4.52. The van der Waals surface area contributed by atoms with Crippen LogP contribution in [-0.2, 0) is 14.3 Å². The van der Waals surface area contributed by atoms with Crippen LogP contribution < -0.4 is 19.5 Å². The van der Waals surface area contributed by atoms with Crippen LogP contribution in [0.3, 0.4) is 0 Å². The molecule has 1 N–H and O–H groups in total. The average molecular weight is 540 g/mol. The fourth-order valence-electron chi connectivity index (χ4n) is 5.46. The van der Waals surface area contributed by atoms with Gasteiger partial charge >= 0.3 is 5.97 Å². The zero-order valence-electron chi connectivity index (χ0n) is 22.9. The molecular formula is C33H33NO6. The van der Waals surface area contributed by atoms with Crippen molar-refractivity contribution in [2.75, 3.05) is 27.4 Å². The smallest absolute Gasteiger partial charge is 0.336 e. The monoisotopic (exact) mass is 539 g/mol. The molecule has 2 aliphatic rings. The van der Waals surface area contributed by atoms with Gasteiger partial charge in [0.2, 0.25) is 0 Å². The number of methoxy groups -OCH3 is 2. The summed E-state index contributed by atoms with van der Waals surface area (Å²) in [5.41, 5.74) is 4.41. The van der Waals surface area contributed by atoms with E-state index in [1.807, 2.05) is 85.8 Å². The Morgan fingerprint density at radius 2 is 1.55 bits per heavy atom. The van der Waals surface area contributed by atoms with Crippen molar-refractivity contribution in [3.63, 3.8) is 0 Å². The molecule has 1 aliphatic heterocycles. The minimum absolute atomic E-state index is 0.00704. The zero-order chi connectivity index (χ0) is 28.1. The Bertz CT molecular complexity index is 1440. The number of hydrogen-bond acceptors (Lipinski definition) is 7. The molecule has 0 fully saturated rings.